The number of carbonyl (C=O) groups excluding carboxylic acids is 3. The second-order valence-corrected chi connectivity index (χ2v) is 7.33. The van der Waals surface area contributed by atoms with Gasteiger partial charge in [0.15, 0.2) is 0 Å². The van der Waals surface area contributed by atoms with Crippen molar-refractivity contribution >= 4 is 17.8 Å². The molecule has 158 valence electrons. The van der Waals surface area contributed by atoms with Crippen molar-refractivity contribution in [3.05, 3.63) is 60.6 Å². The summed E-state index contributed by atoms with van der Waals surface area (Å²) in [6.45, 7) is 0.354. The number of amides is 4. The van der Waals surface area contributed by atoms with Gasteiger partial charge in [-0.15, -0.1) is 0 Å². The Hall–Kier alpha value is -4.01. The van der Waals surface area contributed by atoms with Crippen molar-refractivity contribution < 1.29 is 14.4 Å². The standard InChI is InChI=1S/C22H22N6O3/c1-28-13-17(15-7-9-23-10-8-15)20(27-28)16-4-2-3-14(11-16)12-24-19(29)6-5-18-21(30)26-22(31)25-18/h2-4,7-11,13,18H,5-6,12H2,1H3,(H,24,29)(H2,25,26,30,31). The highest BCUT2D eigenvalue weighted by Gasteiger charge is 2.29. The van der Waals surface area contributed by atoms with Gasteiger partial charge < -0.3 is 10.6 Å². The fourth-order valence-corrected chi connectivity index (χ4v) is 3.50. The Balaban J connectivity index is 1.41. The number of aryl methyl sites for hydroxylation is 1. The monoisotopic (exact) mass is 418 g/mol. The molecule has 9 heteroatoms. The van der Waals surface area contributed by atoms with E-state index in [0.29, 0.717) is 6.54 Å². The molecular formula is C22H22N6O3. The van der Waals surface area contributed by atoms with E-state index >= 15 is 0 Å². The SMILES string of the molecule is Cn1cc(-c2ccncc2)c(-c2cccc(CNC(=O)CCC3NC(=O)NC3=O)c2)n1. The molecular weight excluding hydrogens is 396 g/mol. The van der Waals surface area contributed by atoms with E-state index in [1.54, 1.807) is 17.1 Å². The Morgan fingerprint density at radius 1 is 1.16 bits per heavy atom. The van der Waals surface area contributed by atoms with Gasteiger partial charge in [-0.05, 0) is 35.7 Å². The molecule has 4 amide bonds. The molecule has 0 saturated carbocycles. The van der Waals surface area contributed by atoms with Gasteiger partial charge in [-0.3, -0.25) is 24.6 Å². The molecule has 1 aliphatic rings. The second-order valence-electron chi connectivity index (χ2n) is 7.33. The van der Waals surface area contributed by atoms with E-state index in [1.165, 1.54) is 0 Å². The third kappa shape index (κ3) is 4.77. The first-order valence-electron chi connectivity index (χ1n) is 9.91. The van der Waals surface area contributed by atoms with Gasteiger partial charge in [0, 0.05) is 49.7 Å². The molecule has 0 spiro atoms. The van der Waals surface area contributed by atoms with Crippen LogP contribution in [0, 0.1) is 0 Å². The molecule has 1 aliphatic heterocycles. The molecule has 0 aliphatic carbocycles. The quantitative estimate of drug-likeness (QED) is 0.505. The molecule has 3 N–H and O–H groups in total. The summed E-state index contributed by atoms with van der Waals surface area (Å²) in [6, 6.07) is 10.6. The summed E-state index contributed by atoms with van der Waals surface area (Å²) >= 11 is 0. The molecule has 1 unspecified atom stereocenters. The molecule has 3 heterocycles. The molecule has 1 fully saturated rings. The number of nitrogens with zero attached hydrogens (tertiary/aromatic N) is 3. The smallest absolute Gasteiger partial charge is 0.322 e. The van der Waals surface area contributed by atoms with Crippen LogP contribution >= 0.6 is 0 Å². The number of pyridine rings is 1. The summed E-state index contributed by atoms with van der Waals surface area (Å²) in [7, 11) is 1.88. The molecule has 1 aromatic carbocycles. The van der Waals surface area contributed by atoms with E-state index in [2.05, 4.69) is 26.0 Å². The number of hydrogen-bond acceptors (Lipinski definition) is 5. The van der Waals surface area contributed by atoms with Crippen LogP contribution in [0.2, 0.25) is 0 Å². The highest BCUT2D eigenvalue weighted by atomic mass is 16.2. The Bertz CT molecular complexity index is 1130. The zero-order chi connectivity index (χ0) is 21.8. The lowest BCUT2D eigenvalue weighted by atomic mass is 10.0. The number of nitrogens with one attached hydrogen (secondary N) is 3. The van der Waals surface area contributed by atoms with Gasteiger partial charge in [0.05, 0.1) is 0 Å². The zero-order valence-corrected chi connectivity index (χ0v) is 17.0. The minimum atomic E-state index is -0.655. The van der Waals surface area contributed by atoms with Crippen LogP contribution < -0.4 is 16.0 Å². The fraction of sp³-hybridized carbons (Fsp3) is 0.227. The number of imide groups is 1. The van der Waals surface area contributed by atoms with E-state index in [1.807, 2.05) is 49.6 Å². The minimum Gasteiger partial charge on any atom is -0.352 e. The van der Waals surface area contributed by atoms with Gasteiger partial charge >= 0.3 is 6.03 Å². The van der Waals surface area contributed by atoms with Crippen LogP contribution in [0.3, 0.4) is 0 Å². The van der Waals surface area contributed by atoms with Crippen molar-refractivity contribution in [2.45, 2.75) is 25.4 Å². The van der Waals surface area contributed by atoms with Gasteiger partial charge in [0.1, 0.15) is 11.7 Å². The van der Waals surface area contributed by atoms with Crippen molar-refractivity contribution in [3.63, 3.8) is 0 Å². The fourth-order valence-electron chi connectivity index (χ4n) is 3.50. The average Bonchev–Trinajstić information content (AvgIpc) is 3.32. The molecule has 4 rings (SSSR count). The van der Waals surface area contributed by atoms with Gasteiger partial charge in [-0.1, -0.05) is 18.2 Å². The molecule has 31 heavy (non-hydrogen) atoms. The maximum atomic E-state index is 12.2. The summed E-state index contributed by atoms with van der Waals surface area (Å²) in [4.78, 5) is 38.9. The van der Waals surface area contributed by atoms with Gasteiger partial charge in [0.2, 0.25) is 5.91 Å². The lowest BCUT2D eigenvalue weighted by molar-refractivity contribution is -0.122. The Morgan fingerprint density at radius 3 is 2.71 bits per heavy atom. The Labute approximate surface area is 178 Å². The third-order valence-corrected chi connectivity index (χ3v) is 5.03. The normalized spacial score (nSPS) is 15.5. The number of carbonyl (C=O) groups is 3. The van der Waals surface area contributed by atoms with Crippen LogP contribution in [-0.4, -0.2) is 38.7 Å². The third-order valence-electron chi connectivity index (χ3n) is 5.03. The summed E-state index contributed by atoms with van der Waals surface area (Å²) in [5.41, 5.74) is 4.77. The predicted molar refractivity (Wildman–Crippen MR) is 113 cm³/mol. The van der Waals surface area contributed by atoms with Crippen molar-refractivity contribution in [1.29, 1.82) is 0 Å². The van der Waals surface area contributed by atoms with Crippen molar-refractivity contribution in [2.75, 3.05) is 0 Å². The van der Waals surface area contributed by atoms with Crippen LogP contribution in [0.5, 0.6) is 0 Å². The largest absolute Gasteiger partial charge is 0.352 e. The van der Waals surface area contributed by atoms with E-state index in [0.717, 1.165) is 27.9 Å². The highest BCUT2D eigenvalue weighted by molar-refractivity contribution is 6.04. The predicted octanol–water partition coefficient (Wildman–Crippen LogP) is 1.75. The van der Waals surface area contributed by atoms with Gasteiger partial charge in [0.25, 0.3) is 5.91 Å². The van der Waals surface area contributed by atoms with Crippen molar-refractivity contribution in [1.82, 2.24) is 30.7 Å². The average molecular weight is 418 g/mol. The second kappa shape index (κ2) is 8.78. The first-order chi connectivity index (χ1) is 15.0. The Kier molecular flexibility index (Phi) is 5.74. The summed E-state index contributed by atoms with van der Waals surface area (Å²) in [6.07, 6.45) is 5.87. The maximum Gasteiger partial charge on any atom is 0.322 e. The molecule has 0 bridgehead atoms. The van der Waals surface area contributed by atoms with Crippen molar-refractivity contribution in [3.8, 4) is 22.4 Å². The Morgan fingerprint density at radius 2 is 1.97 bits per heavy atom. The number of urea groups is 1. The molecule has 2 aromatic heterocycles. The maximum absolute atomic E-state index is 12.2. The number of benzene rings is 1. The summed E-state index contributed by atoms with van der Waals surface area (Å²) in [5.74, 6) is -0.583. The van der Waals surface area contributed by atoms with E-state index in [-0.39, 0.29) is 18.7 Å². The first kappa shape index (κ1) is 20.3. The molecule has 3 aromatic rings. The lowest BCUT2D eigenvalue weighted by Crippen LogP contribution is -2.31. The highest BCUT2D eigenvalue weighted by Crippen LogP contribution is 2.30. The first-order valence-corrected chi connectivity index (χ1v) is 9.91. The van der Waals surface area contributed by atoms with Crippen LogP contribution in [0.25, 0.3) is 22.4 Å². The number of hydrogen-bond donors (Lipinski definition) is 3. The lowest BCUT2D eigenvalue weighted by Gasteiger charge is -2.09. The van der Waals surface area contributed by atoms with Crippen LogP contribution in [0.1, 0.15) is 18.4 Å². The minimum absolute atomic E-state index is 0.143. The number of aromatic nitrogens is 3. The van der Waals surface area contributed by atoms with Crippen LogP contribution in [-0.2, 0) is 23.2 Å². The van der Waals surface area contributed by atoms with Gasteiger partial charge in [-0.25, -0.2) is 4.79 Å². The van der Waals surface area contributed by atoms with E-state index < -0.39 is 18.0 Å². The van der Waals surface area contributed by atoms with Crippen LogP contribution in [0.15, 0.2) is 55.0 Å². The molecule has 0 radical (unpaired) electrons. The molecule has 1 atom stereocenters. The topological polar surface area (TPSA) is 118 Å². The zero-order valence-electron chi connectivity index (χ0n) is 17.0. The van der Waals surface area contributed by atoms with E-state index in [4.69, 9.17) is 0 Å². The number of rotatable bonds is 7. The van der Waals surface area contributed by atoms with Gasteiger partial charge in [-0.2, -0.15) is 5.10 Å². The summed E-state index contributed by atoms with van der Waals surface area (Å²) in [5, 5.41) is 12.1. The van der Waals surface area contributed by atoms with E-state index in [9.17, 15) is 14.4 Å². The molecule has 1 saturated heterocycles. The van der Waals surface area contributed by atoms with Crippen molar-refractivity contribution in [2.24, 2.45) is 7.05 Å². The molecule has 9 nitrogen and oxygen atoms in total. The summed E-state index contributed by atoms with van der Waals surface area (Å²) < 4.78 is 1.78. The van der Waals surface area contributed by atoms with Crippen LogP contribution in [0.4, 0.5) is 4.79 Å².